The first-order chi connectivity index (χ1) is 9.65. The molecular formula is C15H29N3O2. The molecule has 2 amide bonds. The van der Waals surface area contributed by atoms with Crippen LogP contribution in [0.2, 0.25) is 0 Å². The van der Waals surface area contributed by atoms with Gasteiger partial charge in [-0.2, -0.15) is 0 Å². The van der Waals surface area contributed by atoms with E-state index in [-0.39, 0.29) is 6.03 Å². The van der Waals surface area contributed by atoms with Crippen LogP contribution in [0.25, 0.3) is 0 Å². The topological polar surface area (TPSA) is 44.8 Å². The molecule has 116 valence electrons. The molecule has 20 heavy (non-hydrogen) atoms. The minimum atomic E-state index is 0.0573. The first-order valence-corrected chi connectivity index (χ1v) is 7.94. The van der Waals surface area contributed by atoms with E-state index in [1.807, 2.05) is 11.9 Å². The van der Waals surface area contributed by atoms with Gasteiger partial charge in [0.05, 0.1) is 6.10 Å². The fraction of sp³-hybridized carbons (Fsp3) is 0.933. The van der Waals surface area contributed by atoms with E-state index in [1.165, 1.54) is 12.8 Å². The van der Waals surface area contributed by atoms with Crippen molar-refractivity contribution < 1.29 is 9.53 Å². The normalized spacial score (nSPS) is 24.8. The maximum absolute atomic E-state index is 12.0. The lowest BCUT2D eigenvalue weighted by Gasteiger charge is -2.31. The predicted molar refractivity (Wildman–Crippen MR) is 79.8 cm³/mol. The molecule has 2 fully saturated rings. The van der Waals surface area contributed by atoms with Crippen molar-refractivity contribution >= 4 is 6.03 Å². The molecule has 5 nitrogen and oxygen atoms in total. The highest BCUT2D eigenvalue weighted by Crippen LogP contribution is 2.17. The fourth-order valence-electron chi connectivity index (χ4n) is 3.06. The molecule has 0 aromatic carbocycles. The number of rotatable bonds is 5. The predicted octanol–water partition coefficient (Wildman–Crippen LogP) is 1.54. The van der Waals surface area contributed by atoms with Crippen LogP contribution in [0.4, 0.5) is 4.79 Å². The van der Waals surface area contributed by atoms with Crippen molar-refractivity contribution in [2.24, 2.45) is 5.92 Å². The van der Waals surface area contributed by atoms with Crippen LogP contribution in [-0.4, -0.2) is 68.8 Å². The molecule has 0 radical (unpaired) electrons. The molecule has 0 unspecified atom stereocenters. The molecular weight excluding hydrogens is 254 g/mol. The molecule has 1 N–H and O–H groups in total. The van der Waals surface area contributed by atoms with Crippen LogP contribution in [0.3, 0.4) is 0 Å². The van der Waals surface area contributed by atoms with E-state index in [1.54, 1.807) is 0 Å². The van der Waals surface area contributed by atoms with Gasteiger partial charge in [-0.25, -0.2) is 4.79 Å². The lowest BCUT2D eigenvalue weighted by atomic mass is 9.97. The third-order valence-electron chi connectivity index (χ3n) is 4.48. The van der Waals surface area contributed by atoms with Gasteiger partial charge in [-0.15, -0.1) is 0 Å². The number of urea groups is 1. The van der Waals surface area contributed by atoms with Gasteiger partial charge < -0.3 is 19.9 Å². The largest absolute Gasteiger partial charge is 0.378 e. The second-order valence-corrected chi connectivity index (χ2v) is 6.28. The maximum atomic E-state index is 12.0. The van der Waals surface area contributed by atoms with Gasteiger partial charge in [0.25, 0.3) is 0 Å². The number of nitrogens with zero attached hydrogens (tertiary/aromatic N) is 2. The highest BCUT2D eigenvalue weighted by molar-refractivity contribution is 5.73. The van der Waals surface area contributed by atoms with E-state index in [0.717, 1.165) is 52.0 Å². The lowest BCUT2D eigenvalue weighted by Crippen LogP contribution is -2.43. The van der Waals surface area contributed by atoms with E-state index < -0.39 is 0 Å². The average molecular weight is 283 g/mol. The Balaban J connectivity index is 1.59. The standard InChI is InChI=1S/C15H29N3O2/c1-17-9-6-13(7-10-17)12-18(2)15(19)16-8-5-14-4-3-11-20-14/h13-14H,3-12H2,1-2H3,(H,16,19)/t14-/m0/s1. The molecule has 2 aliphatic rings. The van der Waals surface area contributed by atoms with Gasteiger partial charge in [-0.1, -0.05) is 0 Å². The number of piperidine rings is 1. The molecule has 0 bridgehead atoms. The Bertz CT molecular complexity index is 297. The van der Waals surface area contributed by atoms with Gasteiger partial charge in [-0.3, -0.25) is 0 Å². The van der Waals surface area contributed by atoms with Crippen molar-refractivity contribution in [1.29, 1.82) is 0 Å². The molecule has 0 aliphatic carbocycles. The molecule has 0 saturated carbocycles. The summed E-state index contributed by atoms with van der Waals surface area (Å²) >= 11 is 0. The molecule has 0 spiro atoms. The number of carbonyl (C=O) groups is 1. The van der Waals surface area contributed by atoms with Crippen LogP contribution in [0, 0.1) is 5.92 Å². The second-order valence-electron chi connectivity index (χ2n) is 6.28. The molecule has 2 rings (SSSR count). The van der Waals surface area contributed by atoms with Crippen molar-refractivity contribution in [2.45, 2.75) is 38.2 Å². The fourth-order valence-corrected chi connectivity index (χ4v) is 3.06. The molecule has 0 aromatic rings. The van der Waals surface area contributed by atoms with E-state index in [4.69, 9.17) is 4.74 Å². The average Bonchev–Trinajstić information content (AvgIpc) is 2.94. The van der Waals surface area contributed by atoms with Crippen LogP contribution >= 0.6 is 0 Å². The Labute approximate surface area is 122 Å². The van der Waals surface area contributed by atoms with E-state index in [2.05, 4.69) is 17.3 Å². The number of likely N-dealkylation sites (tertiary alicyclic amines) is 1. The minimum Gasteiger partial charge on any atom is -0.378 e. The Morgan fingerprint density at radius 2 is 2.10 bits per heavy atom. The number of carbonyl (C=O) groups excluding carboxylic acids is 1. The third-order valence-corrected chi connectivity index (χ3v) is 4.48. The van der Waals surface area contributed by atoms with Crippen molar-refractivity contribution in [1.82, 2.24) is 15.1 Å². The zero-order valence-corrected chi connectivity index (χ0v) is 12.9. The summed E-state index contributed by atoms with van der Waals surface area (Å²) in [6.45, 7) is 4.79. The second kappa shape index (κ2) is 7.84. The van der Waals surface area contributed by atoms with Gasteiger partial charge in [0.2, 0.25) is 0 Å². The summed E-state index contributed by atoms with van der Waals surface area (Å²) in [6.07, 6.45) is 5.99. The van der Waals surface area contributed by atoms with Crippen LogP contribution in [0.5, 0.6) is 0 Å². The molecule has 0 aromatic heterocycles. The summed E-state index contributed by atoms with van der Waals surface area (Å²) < 4.78 is 5.56. The van der Waals surface area contributed by atoms with E-state index in [9.17, 15) is 4.79 Å². The van der Waals surface area contributed by atoms with Gasteiger partial charge in [0.15, 0.2) is 0 Å². The van der Waals surface area contributed by atoms with Gasteiger partial charge in [0, 0.05) is 26.7 Å². The van der Waals surface area contributed by atoms with E-state index in [0.29, 0.717) is 12.0 Å². The van der Waals surface area contributed by atoms with Gasteiger partial charge in [-0.05, 0) is 58.2 Å². The number of hydrogen-bond acceptors (Lipinski definition) is 3. The maximum Gasteiger partial charge on any atom is 0.317 e. The lowest BCUT2D eigenvalue weighted by molar-refractivity contribution is 0.104. The zero-order chi connectivity index (χ0) is 14.4. The smallest absolute Gasteiger partial charge is 0.317 e. The number of amides is 2. The van der Waals surface area contributed by atoms with Crippen LogP contribution in [0.15, 0.2) is 0 Å². The zero-order valence-electron chi connectivity index (χ0n) is 12.9. The number of hydrogen-bond donors (Lipinski definition) is 1. The molecule has 1 atom stereocenters. The third kappa shape index (κ3) is 4.94. The molecule has 2 heterocycles. The SMILES string of the molecule is CN1CCC(CN(C)C(=O)NCC[C@@H]2CCCO2)CC1. The Kier molecular flexibility index (Phi) is 6.10. The Morgan fingerprint density at radius 1 is 1.35 bits per heavy atom. The quantitative estimate of drug-likeness (QED) is 0.832. The number of nitrogens with one attached hydrogen (secondary N) is 1. The van der Waals surface area contributed by atoms with Crippen molar-refractivity contribution in [3.63, 3.8) is 0 Å². The summed E-state index contributed by atoms with van der Waals surface area (Å²) in [5.74, 6) is 0.653. The molecule has 5 heteroatoms. The van der Waals surface area contributed by atoms with Crippen LogP contribution < -0.4 is 5.32 Å². The summed E-state index contributed by atoms with van der Waals surface area (Å²) in [6, 6.07) is 0.0573. The molecule has 2 aliphatic heterocycles. The van der Waals surface area contributed by atoms with Gasteiger partial charge >= 0.3 is 6.03 Å². The summed E-state index contributed by atoms with van der Waals surface area (Å²) in [5.41, 5.74) is 0. The van der Waals surface area contributed by atoms with Gasteiger partial charge in [0.1, 0.15) is 0 Å². The van der Waals surface area contributed by atoms with Crippen LogP contribution in [-0.2, 0) is 4.74 Å². The monoisotopic (exact) mass is 283 g/mol. The minimum absolute atomic E-state index is 0.0573. The highest BCUT2D eigenvalue weighted by atomic mass is 16.5. The summed E-state index contributed by atoms with van der Waals surface area (Å²) in [4.78, 5) is 16.2. The Morgan fingerprint density at radius 3 is 2.75 bits per heavy atom. The number of ether oxygens (including phenoxy) is 1. The van der Waals surface area contributed by atoms with Crippen LogP contribution in [0.1, 0.15) is 32.1 Å². The highest BCUT2D eigenvalue weighted by Gasteiger charge is 2.20. The Hall–Kier alpha value is -0.810. The van der Waals surface area contributed by atoms with Crippen molar-refractivity contribution in [3.8, 4) is 0 Å². The molecule has 2 saturated heterocycles. The summed E-state index contributed by atoms with van der Waals surface area (Å²) in [7, 11) is 4.07. The van der Waals surface area contributed by atoms with Crippen molar-refractivity contribution in [3.05, 3.63) is 0 Å². The first kappa shape index (κ1) is 15.6. The summed E-state index contributed by atoms with van der Waals surface area (Å²) in [5, 5.41) is 3.00. The van der Waals surface area contributed by atoms with Crippen molar-refractivity contribution in [2.75, 3.05) is 46.9 Å². The van der Waals surface area contributed by atoms with E-state index >= 15 is 0 Å². The first-order valence-electron chi connectivity index (χ1n) is 7.94.